The van der Waals surface area contributed by atoms with Gasteiger partial charge in [-0.25, -0.2) is 0 Å². The van der Waals surface area contributed by atoms with Gasteiger partial charge >= 0.3 is 0 Å². The predicted molar refractivity (Wildman–Crippen MR) is 126 cm³/mol. The van der Waals surface area contributed by atoms with Gasteiger partial charge in [-0.3, -0.25) is 4.79 Å². The number of nitrogens with two attached hydrogens (primary N) is 1. The van der Waals surface area contributed by atoms with Crippen LogP contribution in [0.3, 0.4) is 0 Å². The van der Waals surface area contributed by atoms with E-state index in [2.05, 4.69) is 41.7 Å². The molecule has 3 nitrogen and oxygen atoms in total. The number of nitrogens with one attached hydrogen (secondary N) is 1. The summed E-state index contributed by atoms with van der Waals surface area (Å²) < 4.78 is 0. The summed E-state index contributed by atoms with van der Waals surface area (Å²) >= 11 is 0. The van der Waals surface area contributed by atoms with Gasteiger partial charge in [-0.15, -0.1) is 0 Å². The van der Waals surface area contributed by atoms with Gasteiger partial charge in [-0.2, -0.15) is 0 Å². The zero-order valence-corrected chi connectivity index (χ0v) is 17.2. The Balaban J connectivity index is 1.25. The Morgan fingerprint density at radius 1 is 0.742 bits per heavy atom. The lowest BCUT2D eigenvalue weighted by Crippen LogP contribution is -2.21. The topological polar surface area (TPSA) is 55.1 Å². The summed E-state index contributed by atoms with van der Waals surface area (Å²) in [6.07, 6.45) is 0.941. The van der Waals surface area contributed by atoms with E-state index >= 15 is 0 Å². The number of benzene rings is 4. The van der Waals surface area contributed by atoms with Gasteiger partial charge in [0.1, 0.15) is 0 Å². The van der Waals surface area contributed by atoms with E-state index < -0.39 is 0 Å². The van der Waals surface area contributed by atoms with Gasteiger partial charge in [0.25, 0.3) is 5.91 Å². The van der Waals surface area contributed by atoms with Crippen LogP contribution in [-0.2, 0) is 5.54 Å². The predicted octanol–water partition coefficient (Wildman–Crippen LogP) is 5.95. The molecule has 3 N–H and O–H groups in total. The smallest absolute Gasteiger partial charge is 0.255 e. The third-order valence-electron chi connectivity index (χ3n) is 6.14. The van der Waals surface area contributed by atoms with Crippen LogP contribution in [0.15, 0.2) is 109 Å². The fourth-order valence-corrected chi connectivity index (χ4v) is 4.21. The minimum absolute atomic E-state index is 0.115. The monoisotopic (exact) mass is 404 g/mol. The third-order valence-corrected chi connectivity index (χ3v) is 6.14. The number of anilines is 1. The number of carbonyl (C=O) groups is 1. The molecule has 31 heavy (non-hydrogen) atoms. The number of hydrogen-bond acceptors (Lipinski definition) is 2. The molecule has 152 valence electrons. The van der Waals surface area contributed by atoms with E-state index in [-0.39, 0.29) is 11.4 Å². The number of rotatable bonds is 5. The third kappa shape index (κ3) is 3.88. The molecule has 4 aromatic rings. The van der Waals surface area contributed by atoms with Gasteiger partial charge in [0.15, 0.2) is 0 Å². The lowest BCUT2D eigenvalue weighted by molar-refractivity contribution is 0.102. The van der Waals surface area contributed by atoms with E-state index in [1.807, 2.05) is 72.8 Å². The molecule has 4 aromatic carbocycles. The number of hydrogen-bond donors (Lipinski definition) is 2. The maximum Gasteiger partial charge on any atom is 0.255 e. The minimum Gasteiger partial charge on any atom is -0.322 e. The SMILES string of the molecule is N[C@]1(c2ccccc2)C[C@H]1c1ccc(NC(=O)c2ccc(-c3ccccc3)cc2)cc1. The van der Waals surface area contributed by atoms with Crippen LogP contribution in [0.4, 0.5) is 5.69 Å². The molecule has 0 radical (unpaired) electrons. The fourth-order valence-electron chi connectivity index (χ4n) is 4.21. The quantitative estimate of drug-likeness (QED) is 0.432. The maximum absolute atomic E-state index is 12.7. The highest BCUT2D eigenvalue weighted by molar-refractivity contribution is 6.04. The Morgan fingerprint density at radius 3 is 1.97 bits per heavy atom. The largest absolute Gasteiger partial charge is 0.322 e. The normalized spacial score (nSPS) is 19.6. The van der Waals surface area contributed by atoms with E-state index in [1.165, 1.54) is 11.1 Å². The molecule has 0 bridgehead atoms. The second-order valence-corrected chi connectivity index (χ2v) is 8.18. The molecule has 2 atom stereocenters. The summed E-state index contributed by atoms with van der Waals surface area (Å²) in [5, 5.41) is 2.99. The van der Waals surface area contributed by atoms with Gasteiger partial charge < -0.3 is 11.1 Å². The van der Waals surface area contributed by atoms with Gasteiger partial charge in [-0.1, -0.05) is 84.9 Å². The molecule has 0 heterocycles. The Morgan fingerprint density at radius 2 is 1.32 bits per heavy atom. The second-order valence-electron chi connectivity index (χ2n) is 8.18. The van der Waals surface area contributed by atoms with Crippen molar-refractivity contribution in [2.75, 3.05) is 5.32 Å². The minimum atomic E-state index is -0.285. The van der Waals surface area contributed by atoms with Crippen molar-refractivity contribution in [3.05, 3.63) is 126 Å². The Kier molecular flexibility index (Phi) is 4.89. The Hall–Kier alpha value is -3.69. The fraction of sp³-hybridized carbons (Fsp3) is 0.107. The van der Waals surface area contributed by atoms with Crippen LogP contribution in [0, 0.1) is 0 Å². The van der Waals surface area contributed by atoms with Crippen molar-refractivity contribution in [2.45, 2.75) is 17.9 Å². The number of carbonyl (C=O) groups excluding carboxylic acids is 1. The van der Waals surface area contributed by atoms with E-state index in [9.17, 15) is 4.79 Å². The molecule has 1 aliphatic carbocycles. The highest BCUT2D eigenvalue weighted by Gasteiger charge is 2.52. The van der Waals surface area contributed by atoms with E-state index in [1.54, 1.807) is 0 Å². The lowest BCUT2D eigenvalue weighted by Gasteiger charge is -2.13. The molecule has 1 amide bonds. The van der Waals surface area contributed by atoms with E-state index in [0.29, 0.717) is 11.5 Å². The standard InChI is InChI=1S/C28H24N2O/c29-28(24-9-5-2-6-10-24)19-26(28)22-15-17-25(18-16-22)30-27(31)23-13-11-21(12-14-23)20-7-3-1-4-8-20/h1-18,26H,19,29H2,(H,30,31)/t26-,28-/m0/s1. The molecule has 0 spiro atoms. The van der Waals surface area contributed by atoms with Crippen molar-refractivity contribution >= 4 is 11.6 Å². The lowest BCUT2D eigenvalue weighted by atomic mass is 9.99. The Bertz CT molecular complexity index is 1190. The van der Waals surface area contributed by atoms with Crippen molar-refractivity contribution in [2.24, 2.45) is 5.73 Å². The molecule has 5 rings (SSSR count). The number of amides is 1. The molecule has 0 unspecified atom stereocenters. The zero-order valence-electron chi connectivity index (χ0n) is 17.2. The molecule has 0 saturated heterocycles. The van der Waals surface area contributed by atoms with Crippen molar-refractivity contribution in [1.29, 1.82) is 0 Å². The average molecular weight is 405 g/mol. The molecule has 1 fully saturated rings. The van der Waals surface area contributed by atoms with Crippen LogP contribution in [0.5, 0.6) is 0 Å². The molecule has 1 saturated carbocycles. The maximum atomic E-state index is 12.7. The van der Waals surface area contributed by atoms with Gasteiger partial charge in [-0.05, 0) is 52.9 Å². The highest BCUT2D eigenvalue weighted by atomic mass is 16.1. The first kappa shape index (κ1) is 19.3. The van der Waals surface area contributed by atoms with Crippen molar-refractivity contribution < 1.29 is 4.79 Å². The first-order valence-electron chi connectivity index (χ1n) is 10.5. The van der Waals surface area contributed by atoms with Crippen LogP contribution in [0.25, 0.3) is 11.1 Å². The first-order chi connectivity index (χ1) is 15.1. The highest BCUT2D eigenvalue weighted by Crippen LogP contribution is 2.56. The molecule has 0 aromatic heterocycles. The molecular weight excluding hydrogens is 380 g/mol. The average Bonchev–Trinajstić information content (AvgIpc) is 3.53. The van der Waals surface area contributed by atoms with Crippen LogP contribution in [0.2, 0.25) is 0 Å². The van der Waals surface area contributed by atoms with Crippen LogP contribution >= 0.6 is 0 Å². The van der Waals surface area contributed by atoms with E-state index in [4.69, 9.17) is 5.73 Å². The van der Waals surface area contributed by atoms with Crippen molar-refractivity contribution in [3.63, 3.8) is 0 Å². The van der Waals surface area contributed by atoms with Crippen LogP contribution < -0.4 is 11.1 Å². The van der Waals surface area contributed by atoms with Crippen LogP contribution in [0.1, 0.15) is 33.8 Å². The molecule has 3 heteroatoms. The summed E-state index contributed by atoms with van der Waals surface area (Å²) in [7, 11) is 0. The van der Waals surface area contributed by atoms with Crippen molar-refractivity contribution in [3.8, 4) is 11.1 Å². The molecule has 0 aliphatic heterocycles. The second kappa shape index (κ2) is 7.86. The first-order valence-corrected chi connectivity index (χ1v) is 10.5. The van der Waals surface area contributed by atoms with Gasteiger partial charge in [0.05, 0.1) is 0 Å². The van der Waals surface area contributed by atoms with Gasteiger partial charge in [0, 0.05) is 22.7 Å². The van der Waals surface area contributed by atoms with Crippen molar-refractivity contribution in [1.82, 2.24) is 0 Å². The molecular formula is C28H24N2O. The summed E-state index contributed by atoms with van der Waals surface area (Å²) in [6, 6.07) is 36.1. The summed E-state index contributed by atoms with van der Waals surface area (Å²) in [4.78, 5) is 12.7. The summed E-state index contributed by atoms with van der Waals surface area (Å²) in [6.45, 7) is 0. The zero-order chi connectivity index (χ0) is 21.3. The van der Waals surface area contributed by atoms with Gasteiger partial charge in [0.2, 0.25) is 0 Å². The summed E-state index contributed by atoms with van der Waals surface area (Å²) in [5.41, 5.74) is 12.4. The summed E-state index contributed by atoms with van der Waals surface area (Å²) in [5.74, 6) is 0.196. The van der Waals surface area contributed by atoms with E-state index in [0.717, 1.165) is 23.2 Å². The van der Waals surface area contributed by atoms with Crippen LogP contribution in [-0.4, -0.2) is 5.91 Å². The molecule has 1 aliphatic rings. The Labute approximate surface area is 182 Å².